The standard InChI is InChI=1S/C24H40O3.Zn/c1-6-23(4)16(3)14-20(25)22-18-11-10-17(15(2)8-7-9-21(26)27)24(18,5)13-12-19(22)23;/h15-20,22,25H,1,3,6-14H2,2,4-5H3,(H,26,27);/q-2;+2/t15-,16+,17-,18+,19+,20+,22+,23+,24-;/m1./s1. The van der Waals surface area contributed by atoms with Crippen molar-refractivity contribution in [1.82, 2.24) is 0 Å². The summed E-state index contributed by atoms with van der Waals surface area (Å²) in [6, 6.07) is 0. The molecule has 0 spiro atoms. The Bertz CT molecular complexity index is 552. The van der Waals surface area contributed by atoms with Crippen molar-refractivity contribution < 1.29 is 34.5 Å². The van der Waals surface area contributed by atoms with E-state index < -0.39 is 5.97 Å². The average Bonchev–Trinajstić information content (AvgIpc) is 2.95. The maximum atomic E-state index is 11.1. The normalized spacial score (nSPS) is 46.2. The maximum Gasteiger partial charge on any atom is 2.00 e. The number of aliphatic carboxylic acids is 1. The van der Waals surface area contributed by atoms with Gasteiger partial charge in [-0.15, -0.1) is 0 Å². The zero-order valence-corrected chi connectivity index (χ0v) is 21.3. The van der Waals surface area contributed by atoms with Gasteiger partial charge in [-0.2, -0.15) is 12.3 Å². The summed E-state index contributed by atoms with van der Waals surface area (Å²) in [6.07, 6.45) is 8.46. The largest absolute Gasteiger partial charge is 2.00 e. The van der Waals surface area contributed by atoms with Crippen LogP contribution in [-0.4, -0.2) is 22.3 Å². The fourth-order valence-corrected chi connectivity index (χ4v) is 7.66. The molecule has 0 saturated heterocycles. The number of carboxylic acid groups (broad SMARTS) is 1. The first kappa shape index (κ1) is 24.3. The van der Waals surface area contributed by atoms with Crippen LogP contribution in [0.25, 0.3) is 0 Å². The predicted molar refractivity (Wildman–Crippen MR) is 109 cm³/mol. The van der Waals surface area contributed by atoms with E-state index in [0.717, 1.165) is 25.7 Å². The van der Waals surface area contributed by atoms with Gasteiger partial charge >= 0.3 is 25.4 Å². The zero-order valence-electron chi connectivity index (χ0n) is 18.3. The van der Waals surface area contributed by atoms with Crippen LogP contribution >= 0.6 is 0 Å². The van der Waals surface area contributed by atoms with E-state index in [1.165, 1.54) is 25.7 Å². The van der Waals surface area contributed by atoms with E-state index >= 15 is 0 Å². The van der Waals surface area contributed by atoms with E-state index in [4.69, 9.17) is 5.11 Å². The Hall–Kier alpha value is 0.0534. The van der Waals surface area contributed by atoms with Crippen LogP contribution in [0.4, 0.5) is 0 Å². The van der Waals surface area contributed by atoms with Gasteiger partial charge in [0.25, 0.3) is 0 Å². The van der Waals surface area contributed by atoms with Gasteiger partial charge in [-0.3, -0.25) is 4.79 Å². The Morgan fingerprint density at radius 2 is 1.89 bits per heavy atom. The molecule has 156 valence electrons. The SMILES string of the molecule is [CH2-]C[C@@]1(C)[C@@H]([CH2-])C[C@H](O)[C@@H]2[C@@H]1CC[C@]1(C)[C@@H]([C@H](C)CCCC(=O)O)CC[C@@H]21.[Zn+2]. The van der Waals surface area contributed by atoms with Gasteiger partial charge in [-0.1, -0.05) is 32.6 Å². The minimum absolute atomic E-state index is 0. The van der Waals surface area contributed by atoms with Crippen molar-refractivity contribution in [3.63, 3.8) is 0 Å². The molecule has 0 radical (unpaired) electrons. The summed E-state index contributed by atoms with van der Waals surface area (Å²) in [5, 5.41) is 20.0. The van der Waals surface area contributed by atoms with Crippen LogP contribution in [-0.2, 0) is 24.3 Å². The van der Waals surface area contributed by atoms with Crippen LogP contribution in [0.5, 0.6) is 0 Å². The molecule has 0 heterocycles. The number of rotatable bonds is 6. The number of fused-ring (bicyclic) bond motifs is 3. The van der Waals surface area contributed by atoms with Crippen molar-refractivity contribution in [2.24, 2.45) is 46.3 Å². The summed E-state index contributed by atoms with van der Waals surface area (Å²) in [5.41, 5.74) is 0.442. The van der Waals surface area contributed by atoms with Gasteiger partial charge in [0.05, 0.1) is 6.10 Å². The second-order valence-electron chi connectivity index (χ2n) is 10.5. The number of aliphatic hydroxyl groups is 1. The molecule has 3 saturated carbocycles. The molecular weight excluding hydrogens is 402 g/mol. The summed E-state index contributed by atoms with van der Waals surface area (Å²) in [6.45, 7) is 15.9. The molecule has 0 unspecified atom stereocenters. The topological polar surface area (TPSA) is 57.5 Å². The molecule has 3 rings (SSSR count). The van der Waals surface area contributed by atoms with Gasteiger partial charge in [0.1, 0.15) is 0 Å². The molecule has 9 atom stereocenters. The molecule has 3 aliphatic carbocycles. The van der Waals surface area contributed by atoms with E-state index in [9.17, 15) is 9.90 Å². The predicted octanol–water partition coefficient (Wildman–Crippen LogP) is 5.38. The molecule has 0 amide bonds. The number of aliphatic hydroxyl groups excluding tert-OH is 1. The molecule has 0 aromatic rings. The van der Waals surface area contributed by atoms with Crippen LogP contribution in [0.3, 0.4) is 0 Å². The maximum absolute atomic E-state index is 11.1. The number of hydrogen-bond acceptors (Lipinski definition) is 2. The van der Waals surface area contributed by atoms with Crippen LogP contribution in [0.15, 0.2) is 0 Å². The Labute approximate surface area is 185 Å². The monoisotopic (exact) mass is 440 g/mol. The molecule has 0 aromatic carbocycles. The number of hydrogen-bond donors (Lipinski definition) is 2. The molecular formula is C24H40O3Zn. The third kappa shape index (κ3) is 3.99. The van der Waals surface area contributed by atoms with E-state index in [2.05, 4.69) is 34.6 Å². The Morgan fingerprint density at radius 3 is 2.50 bits per heavy atom. The molecule has 3 fully saturated rings. The fourth-order valence-electron chi connectivity index (χ4n) is 7.66. The second-order valence-corrected chi connectivity index (χ2v) is 10.5. The van der Waals surface area contributed by atoms with Gasteiger partial charge in [0.15, 0.2) is 0 Å². The number of carboxylic acids is 1. The van der Waals surface area contributed by atoms with E-state index in [0.29, 0.717) is 40.9 Å². The Kier molecular flexibility index (Phi) is 7.86. The minimum Gasteiger partial charge on any atom is -0.481 e. The van der Waals surface area contributed by atoms with Gasteiger partial charge in [-0.05, 0) is 73.5 Å². The molecule has 28 heavy (non-hydrogen) atoms. The average molecular weight is 442 g/mol. The Balaban J connectivity index is 0.00000280. The fraction of sp³-hybridized carbons (Fsp3) is 0.875. The number of carbonyl (C=O) groups is 1. The summed E-state index contributed by atoms with van der Waals surface area (Å²) >= 11 is 0. The van der Waals surface area contributed by atoms with Gasteiger partial charge in [0, 0.05) is 6.42 Å². The summed E-state index contributed by atoms with van der Waals surface area (Å²) in [4.78, 5) is 10.9. The molecule has 3 nitrogen and oxygen atoms in total. The third-order valence-electron chi connectivity index (χ3n) is 9.43. The van der Waals surface area contributed by atoms with Crippen molar-refractivity contribution in [1.29, 1.82) is 0 Å². The summed E-state index contributed by atoms with van der Waals surface area (Å²) in [5.74, 6) is 2.37. The smallest absolute Gasteiger partial charge is 0.481 e. The van der Waals surface area contributed by atoms with E-state index in [1.54, 1.807) is 0 Å². The van der Waals surface area contributed by atoms with Crippen molar-refractivity contribution in [3.8, 4) is 0 Å². The molecule has 3 aliphatic rings. The van der Waals surface area contributed by atoms with Crippen molar-refractivity contribution in [3.05, 3.63) is 13.8 Å². The third-order valence-corrected chi connectivity index (χ3v) is 9.43. The van der Waals surface area contributed by atoms with Gasteiger partial charge in [-0.25, -0.2) is 0 Å². The minimum atomic E-state index is -0.682. The van der Waals surface area contributed by atoms with Crippen molar-refractivity contribution >= 4 is 5.97 Å². The van der Waals surface area contributed by atoms with Crippen LogP contribution < -0.4 is 0 Å². The molecule has 0 bridgehead atoms. The molecule has 4 heteroatoms. The first-order chi connectivity index (χ1) is 12.6. The van der Waals surface area contributed by atoms with E-state index in [-0.39, 0.29) is 37.4 Å². The first-order valence-corrected chi connectivity index (χ1v) is 11.2. The Morgan fingerprint density at radius 1 is 1.21 bits per heavy atom. The zero-order chi connectivity index (χ0) is 20.0. The van der Waals surface area contributed by atoms with Crippen LogP contribution in [0, 0.1) is 60.2 Å². The summed E-state index contributed by atoms with van der Waals surface area (Å²) in [7, 11) is 0. The molecule has 0 aliphatic heterocycles. The van der Waals surface area contributed by atoms with E-state index in [1.807, 2.05) is 0 Å². The second kappa shape index (κ2) is 9.05. The first-order valence-electron chi connectivity index (χ1n) is 11.2. The van der Waals surface area contributed by atoms with Crippen LogP contribution in [0.1, 0.15) is 78.6 Å². The van der Waals surface area contributed by atoms with Gasteiger partial charge in [0.2, 0.25) is 0 Å². The summed E-state index contributed by atoms with van der Waals surface area (Å²) < 4.78 is 0. The quantitative estimate of drug-likeness (QED) is 0.429. The van der Waals surface area contributed by atoms with Crippen molar-refractivity contribution in [2.45, 2.75) is 84.7 Å². The van der Waals surface area contributed by atoms with Gasteiger partial charge < -0.3 is 24.1 Å². The van der Waals surface area contributed by atoms with Crippen molar-refractivity contribution in [2.75, 3.05) is 0 Å². The molecule has 2 N–H and O–H groups in total. The van der Waals surface area contributed by atoms with Crippen LogP contribution in [0.2, 0.25) is 0 Å². The molecule has 0 aromatic heterocycles.